The molecule has 1 aromatic rings. The van der Waals surface area contributed by atoms with Crippen LogP contribution in [-0.4, -0.2) is 42.0 Å². The first-order valence-electron chi connectivity index (χ1n) is 7.65. The van der Waals surface area contributed by atoms with E-state index in [2.05, 4.69) is 5.32 Å². The van der Waals surface area contributed by atoms with Crippen LogP contribution in [0.4, 0.5) is 0 Å². The van der Waals surface area contributed by atoms with Crippen molar-refractivity contribution in [1.29, 1.82) is 0 Å². The summed E-state index contributed by atoms with van der Waals surface area (Å²) in [6.07, 6.45) is -0.544. The molecule has 1 aromatic carbocycles. The lowest BCUT2D eigenvalue weighted by atomic mass is 9.88. The SMILES string of the molecule is CNC(COCc1ccccc1)C(O)CC(C(=O)O)C(C)C. The quantitative estimate of drug-likeness (QED) is 0.615. The van der Waals surface area contributed by atoms with Gasteiger partial charge >= 0.3 is 5.97 Å². The first-order valence-corrected chi connectivity index (χ1v) is 7.65. The minimum Gasteiger partial charge on any atom is -0.481 e. The third kappa shape index (κ3) is 6.13. The van der Waals surface area contributed by atoms with Gasteiger partial charge in [-0.15, -0.1) is 0 Å². The van der Waals surface area contributed by atoms with E-state index < -0.39 is 18.0 Å². The number of nitrogens with one attached hydrogen (secondary N) is 1. The van der Waals surface area contributed by atoms with Crippen LogP contribution in [-0.2, 0) is 16.1 Å². The summed E-state index contributed by atoms with van der Waals surface area (Å²) in [7, 11) is 1.74. The van der Waals surface area contributed by atoms with E-state index in [0.29, 0.717) is 13.2 Å². The van der Waals surface area contributed by atoms with Gasteiger partial charge in [0.15, 0.2) is 0 Å². The summed E-state index contributed by atoms with van der Waals surface area (Å²) >= 11 is 0. The number of carbonyl (C=O) groups is 1. The van der Waals surface area contributed by atoms with Crippen molar-refractivity contribution in [3.8, 4) is 0 Å². The van der Waals surface area contributed by atoms with Gasteiger partial charge < -0.3 is 20.3 Å². The molecule has 0 saturated carbocycles. The number of carboxylic acid groups (broad SMARTS) is 1. The first kappa shape index (κ1) is 18.6. The van der Waals surface area contributed by atoms with Crippen LogP contribution >= 0.6 is 0 Å². The fourth-order valence-corrected chi connectivity index (χ4v) is 2.35. The smallest absolute Gasteiger partial charge is 0.306 e. The molecule has 0 amide bonds. The van der Waals surface area contributed by atoms with Crippen molar-refractivity contribution in [2.45, 2.75) is 39.0 Å². The van der Waals surface area contributed by atoms with Crippen molar-refractivity contribution in [2.75, 3.05) is 13.7 Å². The van der Waals surface area contributed by atoms with Crippen LogP contribution in [0.25, 0.3) is 0 Å². The predicted molar refractivity (Wildman–Crippen MR) is 85.5 cm³/mol. The Morgan fingerprint density at radius 1 is 1.27 bits per heavy atom. The molecule has 22 heavy (non-hydrogen) atoms. The lowest BCUT2D eigenvalue weighted by molar-refractivity contribution is -0.144. The molecule has 0 aliphatic heterocycles. The molecule has 0 saturated heterocycles. The number of rotatable bonds is 10. The lowest BCUT2D eigenvalue weighted by Crippen LogP contribution is -2.43. The summed E-state index contributed by atoms with van der Waals surface area (Å²) in [6.45, 7) is 4.51. The molecule has 0 heterocycles. The summed E-state index contributed by atoms with van der Waals surface area (Å²) in [5.74, 6) is -1.44. The molecular weight excluding hydrogens is 282 g/mol. The second-order valence-corrected chi connectivity index (χ2v) is 5.89. The molecule has 0 aliphatic rings. The van der Waals surface area contributed by atoms with Crippen LogP contribution < -0.4 is 5.32 Å². The Kier molecular flexibility index (Phi) is 8.09. The minimum absolute atomic E-state index is 0.0186. The van der Waals surface area contributed by atoms with Gasteiger partial charge in [0.1, 0.15) is 0 Å². The Bertz CT molecular complexity index is 436. The molecule has 0 bridgehead atoms. The summed E-state index contributed by atoms with van der Waals surface area (Å²) in [5, 5.41) is 22.5. The Morgan fingerprint density at radius 2 is 1.91 bits per heavy atom. The van der Waals surface area contributed by atoms with Crippen molar-refractivity contribution in [3.05, 3.63) is 35.9 Å². The molecule has 124 valence electrons. The number of aliphatic hydroxyl groups excluding tert-OH is 1. The van der Waals surface area contributed by atoms with E-state index in [0.717, 1.165) is 5.56 Å². The highest BCUT2D eigenvalue weighted by atomic mass is 16.5. The van der Waals surface area contributed by atoms with Gasteiger partial charge in [-0.3, -0.25) is 4.79 Å². The second kappa shape index (κ2) is 9.56. The van der Waals surface area contributed by atoms with Gasteiger partial charge in [-0.1, -0.05) is 44.2 Å². The Labute approximate surface area is 132 Å². The molecule has 0 fully saturated rings. The monoisotopic (exact) mass is 309 g/mol. The van der Waals surface area contributed by atoms with E-state index in [1.807, 2.05) is 44.2 Å². The van der Waals surface area contributed by atoms with E-state index >= 15 is 0 Å². The van der Waals surface area contributed by atoms with Crippen LogP contribution in [0, 0.1) is 11.8 Å². The molecule has 3 N–H and O–H groups in total. The Hall–Kier alpha value is -1.43. The molecule has 0 aromatic heterocycles. The molecule has 3 atom stereocenters. The maximum atomic E-state index is 11.2. The standard InChI is InChI=1S/C17H27NO4/c1-12(2)14(17(20)21)9-16(19)15(18-3)11-22-10-13-7-5-4-6-8-13/h4-8,12,14-16,18-19H,9-11H2,1-3H3,(H,20,21). The van der Waals surface area contributed by atoms with E-state index in [1.165, 1.54) is 0 Å². The first-order chi connectivity index (χ1) is 10.5. The van der Waals surface area contributed by atoms with Gasteiger partial charge in [0.05, 0.1) is 31.3 Å². The van der Waals surface area contributed by atoms with Crippen LogP contribution in [0.1, 0.15) is 25.8 Å². The summed E-state index contributed by atoms with van der Waals surface area (Å²) in [5.41, 5.74) is 1.07. The van der Waals surface area contributed by atoms with Crippen molar-refractivity contribution in [3.63, 3.8) is 0 Å². The average Bonchev–Trinajstić information content (AvgIpc) is 2.49. The number of aliphatic carboxylic acids is 1. The molecule has 3 unspecified atom stereocenters. The number of benzene rings is 1. The topological polar surface area (TPSA) is 78.8 Å². The molecule has 0 spiro atoms. The maximum Gasteiger partial charge on any atom is 0.306 e. The molecule has 0 aliphatic carbocycles. The Morgan fingerprint density at radius 3 is 2.41 bits per heavy atom. The fraction of sp³-hybridized carbons (Fsp3) is 0.588. The van der Waals surface area contributed by atoms with E-state index in [1.54, 1.807) is 7.05 Å². The largest absolute Gasteiger partial charge is 0.481 e. The molecule has 5 heteroatoms. The van der Waals surface area contributed by atoms with Gasteiger partial charge in [0.2, 0.25) is 0 Å². The summed E-state index contributed by atoms with van der Waals surface area (Å²) < 4.78 is 5.63. The van der Waals surface area contributed by atoms with E-state index in [-0.39, 0.29) is 18.4 Å². The van der Waals surface area contributed by atoms with Crippen molar-refractivity contribution in [1.82, 2.24) is 5.32 Å². The minimum atomic E-state index is -0.867. The van der Waals surface area contributed by atoms with Gasteiger partial charge in [-0.05, 0) is 24.9 Å². The van der Waals surface area contributed by atoms with Crippen molar-refractivity contribution >= 4 is 5.97 Å². The number of hydrogen-bond acceptors (Lipinski definition) is 4. The van der Waals surface area contributed by atoms with E-state index in [4.69, 9.17) is 4.74 Å². The molecular formula is C17H27NO4. The third-order valence-electron chi connectivity index (χ3n) is 3.86. The van der Waals surface area contributed by atoms with Gasteiger partial charge in [0, 0.05) is 0 Å². The van der Waals surface area contributed by atoms with Gasteiger partial charge in [-0.25, -0.2) is 0 Å². The maximum absolute atomic E-state index is 11.2. The van der Waals surface area contributed by atoms with Crippen molar-refractivity contribution < 1.29 is 19.7 Å². The zero-order valence-electron chi connectivity index (χ0n) is 13.5. The number of ether oxygens (including phenoxy) is 1. The number of carboxylic acids is 1. The molecule has 0 radical (unpaired) electrons. The highest BCUT2D eigenvalue weighted by molar-refractivity contribution is 5.70. The zero-order chi connectivity index (χ0) is 16.5. The summed E-state index contributed by atoms with van der Waals surface area (Å²) in [4.78, 5) is 11.2. The fourth-order valence-electron chi connectivity index (χ4n) is 2.35. The normalized spacial score (nSPS) is 15.5. The highest BCUT2D eigenvalue weighted by Gasteiger charge is 2.28. The molecule has 5 nitrogen and oxygen atoms in total. The van der Waals surface area contributed by atoms with Gasteiger partial charge in [-0.2, -0.15) is 0 Å². The number of likely N-dealkylation sites (N-methyl/N-ethyl adjacent to an activating group) is 1. The Balaban J connectivity index is 2.46. The van der Waals surface area contributed by atoms with Crippen LogP contribution in [0.2, 0.25) is 0 Å². The lowest BCUT2D eigenvalue weighted by Gasteiger charge is -2.26. The van der Waals surface area contributed by atoms with Crippen LogP contribution in [0.15, 0.2) is 30.3 Å². The number of hydrogen-bond donors (Lipinski definition) is 3. The number of aliphatic hydroxyl groups is 1. The summed E-state index contributed by atoms with van der Waals surface area (Å²) in [6, 6.07) is 9.51. The van der Waals surface area contributed by atoms with Crippen molar-refractivity contribution in [2.24, 2.45) is 11.8 Å². The van der Waals surface area contributed by atoms with Gasteiger partial charge in [0.25, 0.3) is 0 Å². The predicted octanol–water partition coefficient (Wildman–Crippen LogP) is 1.90. The van der Waals surface area contributed by atoms with E-state index in [9.17, 15) is 15.0 Å². The highest BCUT2D eigenvalue weighted by Crippen LogP contribution is 2.19. The molecule has 1 rings (SSSR count). The average molecular weight is 309 g/mol. The second-order valence-electron chi connectivity index (χ2n) is 5.89. The zero-order valence-corrected chi connectivity index (χ0v) is 13.5. The third-order valence-corrected chi connectivity index (χ3v) is 3.86. The van der Waals surface area contributed by atoms with Crippen LogP contribution in [0.3, 0.4) is 0 Å². The van der Waals surface area contributed by atoms with Crippen LogP contribution in [0.5, 0.6) is 0 Å².